The van der Waals surface area contributed by atoms with Gasteiger partial charge in [0.25, 0.3) is 0 Å². The van der Waals surface area contributed by atoms with Crippen LogP contribution in [-0.4, -0.2) is 44.0 Å². The molecule has 0 atom stereocenters. The highest BCUT2D eigenvalue weighted by atomic mass is 35.5. The molecule has 96 valence electrons. The molecule has 0 aromatic carbocycles. The Balaban J connectivity index is 2.55. The molecule has 6 nitrogen and oxygen atoms in total. The van der Waals surface area contributed by atoms with Gasteiger partial charge >= 0.3 is 0 Å². The summed E-state index contributed by atoms with van der Waals surface area (Å²) >= 11 is 5.80. The van der Waals surface area contributed by atoms with Crippen molar-refractivity contribution in [2.45, 2.75) is 6.42 Å². The van der Waals surface area contributed by atoms with E-state index >= 15 is 0 Å². The van der Waals surface area contributed by atoms with E-state index in [0.717, 1.165) is 0 Å². The van der Waals surface area contributed by atoms with Crippen LogP contribution in [0.2, 0.25) is 5.15 Å². The van der Waals surface area contributed by atoms with Crippen molar-refractivity contribution in [1.29, 1.82) is 0 Å². The molecule has 17 heavy (non-hydrogen) atoms. The van der Waals surface area contributed by atoms with Crippen LogP contribution in [0.1, 0.15) is 6.42 Å². The summed E-state index contributed by atoms with van der Waals surface area (Å²) in [6, 6.07) is 0. The summed E-state index contributed by atoms with van der Waals surface area (Å²) in [5.74, 6) is 0.940. The van der Waals surface area contributed by atoms with Crippen LogP contribution in [0, 0.1) is 0 Å². The van der Waals surface area contributed by atoms with Crippen LogP contribution in [0.15, 0.2) is 6.33 Å². The highest BCUT2D eigenvalue weighted by Crippen LogP contribution is 2.28. The Hall–Kier alpha value is -1.08. The van der Waals surface area contributed by atoms with Gasteiger partial charge in [-0.25, -0.2) is 18.4 Å². The summed E-state index contributed by atoms with van der Waals surface area (Å²) in [6.07, 6.45) is 3.00. The van der Waals surface area contributed by atoms with Gasteiger partial charge in [0, 0.05) is 12.8 Å². The second-order valence-electron chi connectivity index (χ2n) is 3.46. The number of nitrogens with one attached hydrogen (secondary N) is 1. The molecule has 0 aliphatic rings. The molecule has 1 rings (SSSR count). The van der Waals surface area contributed by atoms with Gasteiger partial charge in [0.15, 0.2) is 16.7 Å². The molecule has 0 amide bonds. The van der Waals surface area contributed by atoms with E-state index in [4.69, 9.17) is 16.3 Å². The predicted octanol–water partition coefficient (Wildman–Crippen LogP) is 0.985. The monoisotopic (exact) mass is 279 g/mol. The lowest BCUT2D eigenvalue weighted by atomic mass is 10.4. The smallest absolute Gasteiger partial charge is 0.198 e. The largest absolute Gasteiger partial charge is 0.490 e. The minimum atomic E-state index is -2.93. The Kier molecular flexibility index (Phi) is 4.95. The van der Waals surface area contributed by atoms with E-state index in [0.29, 0.717) is 24.5 Å². The lowest BCUT2D eigenvalue weighted by molar-refractivity contribution is 0.413. The summed E-state index contributed by atoms with van der Waals surface area (Å²) in [4.78, 5) is 7.73. The first-order valence-corrected chi connectivity index (χ1v) is 7.34. The molecule has 0 unspecified atom stereocenters. The summed E-state index contributed by atoms with van der Waals surface area (Å²) in [7, 11) is -1.47. The third-order valence-electron chi connectivity index (χ3n) is 1.95. The summed E-state index contributed by atoms with van der Waals surface area (Å²) in [5.41, 5.74) is 0. The SMILES string of the molecule is COc1c(Cl)ncnc1NCCCS(C)(=O)=O. The first kappa shape index (κ1) is 14.0. The summed E-state index contributed by atoms with van der Waals surface area (Å²) in [6.45, 7) is 0.469. The van der Waals surface area contributed by atoms with Crippen LogP contribution < -0.4 is 10.1 Å². The maximum absolute atomic E-state index is 10.9. The Bertz CT molecular complexity index is 478. The minimum absolute atomic E-state index is 0.126. The maximum Gasteiger partial charge on any atom is 0.198 e. The quantitative estimate of drug-likeness (QED) is 0.618. The average Bonchev–Trinajstić information content (AvgIpc) is 2.23. The minimum Gasteiger partial charge on any atom is -0.490 e. The molecule has 0 spiro atoms. The van der Waals surface area contributed by atoms with E-state index in [-0.39, 0.29) is 10.9 Å². The molecule has 0 fully saturated rings. The van der Waals surface area contributed by atoms with Crippen LogP contribution >= 0.6 is 11.6 Å². The Labute approximate surface area is 105 Å². The standard InChI is InChI=1S/C9H14ClN3O3S/c1-16-7-8(10)12-6-13-9(7)11-4-3-5-17(2,14)15/h6H,3-5H2,1-2H3,(H,11,12,13). The second-order valence-corrected chi connectivity index (χ2v) is 6.07. The van der Waals surface area contributed by atoms with Gasteiger partial charge in [-0.05, 0) is 6.42 Å². The van der Waals surface area contributed by atoms with Gasteiger partial charge in [0.1, 0.15) is 16.2 Å². The third-order valence-corrected chi connectivity index (χ3v) is 3.25. The van der Waals surface area contributed by atoms with Gasteiger partial charge in [-0.1, -0.05) is 11.6 Å². The molecule has 0 saturated carbocycles. The number of rotatable bonds is 6. The number of sulfone groups is 1. The average molecular weight is 280 g/mol. The molecular weight excluding hydrogens is 266 g/mol. The van der Waals surface area contributed by atoms with Crippen molar-refractivity contribution in [3.8, 4) is 5.75 Å². The fourth-order valence-corrected chi connectivity index (χ4v) is 2.08. The number of methoxy groups -OCH3 is 1. The molecule has 0 aliphatic heterocycles. The van der Waals surface area contributed by atoms with Crippen LogP contribution in [0.4, 0.5) is 5.82 Å². The number of hydrogen-bond donors (Lipinski definition) is 1. The van der Waals surface area contributed by atoms with Gasteiger partial charge in [0.2, 0.25) is 0 Å². The Morgan fingerprint density at radius 2 is 2.18 bits per heavy atom. The van der Waals surface area contributed by atoms with Crippen molar-refractivity contribution in [1.82, 2.24) is 9.97 Å². The maximum atomic E-state index is 10.9. The van der Waals surface area contributed by atoms with Crippen molar-refractivity contribution in [3.05, 3.63) is 11.5 Å². The van der Waals surface area contributed by atoms with Crippen LogP contribution in [0.3, 0.4) is 0 Å². The number of nitrogens with zero attached hydrogens (tertiary/aromatic N) is 2. The Morgan fingerprint density at radius 1 is 1.47 bits per heavy atom. The van der Waals surface area contributed by atoms with Gasteiger partial charge in [-0.3, -0.25) is 0 Å². The van der Waals surface area contributed by atoms with Crippen LogP contribution in [0.5, 0.6) is 5.75 Å². The van der Waals surface area contributed by atoms with E-state index in [9.17, 15) is 8.42 Å². The van der Waals surface area contributed by atoms with E-state index in [1.807, 2.05) is 0 Å². The molecule has 0 saturated heterocycles. The number of hydrogen-bond acceptors (Lipinski definition) is 6. The number of anilines is 1. The van der Waals surface area contributed by atoms with Crippen molar-refractivity contribution in [2.75, 3.05) is 31.0 Å². The Morgan fingerprint density at radius 3 is 2.76 bits per heavy atom. The molecule has 8 heteroatoms. The molecule has 0 bridgehead atoms. The van der Waals surface area contributed by atoms with Crippen LogP contribution in [-0.2, 0) is 9.84 Å². The lowest BCUT2D eigenvalue weighted by Gasteiger charge is -2.09. The molecule has 1 N–H and O–H groups in total. The van der Waals surface area contributed by atoms with Gasteiger partial charge in [0.05, 0.1) is 12.9 Å². The number of halogens is 1. The zero-order valence-electron chi connectivity index (χ0n) is 9.60. The summed E-state index contributed by atoms with van der Waals surface area (Å²) in [5, 5.41) is 3.17. The van der Waals surface area contributed by atoms with E-state index in [2.05, 4.69) is 15.3 Å². The highest BCUT2D eigenvalue weighted by Gasteiger charge is 2.09. The lowest BCUT2D eigenvalue weighted by Crippen LogP contribution is -2.11. The second kappa shape index (κ2) is 6.02. The third kappa shape index (κ3) is 4.74. The molecule has 0 radical (unpaired) electrons. The predicted molar refractivity (Wildman–Crippen MR) is 66.4 cm³/mol. The van der Waals surface area contributed by atoms with Gasteiger partial charge in [-0.15, -0.1) is 0 Å². The summed E-state index contributed by atoms with van der Waals surface area (Å²) < 4.78 is 26.9. The highest BCUT2D eigenvalue weighted by molar-refractivity contribution is 7.90. The number of aromatic nitrogens is 2. The topological polar surface area (TPSA) is 81.2 Å². The van der Waals surface area contributed by atoms with Crippen molar-refractivity contribution >= 4 is 27.3 Å². The van der Waals surface area contributed by atoms with Crippen molar-refractivity contribution in [3.63, 3.8) is 0 Å². The molecule has 0 aliphatic carbocycles. The van der Waals surface area contributed by atoms with E-state index in [1.165, 1.54) is 19.7 Å². The molecular formula is C9H14ClN3O3S. The first-order valence-electron chi connectivity index (χ1n) is 4.90. The van der Waals surface area contributed by atoms with E-state index in [1.54, 1.807) is 0 Å². The van der Waals surface area contributed by atoms with Crippen molar-refractivity contribution in [2.24, 2.45) is 0 Å². The van der Waals surface area contributed by atoms with E-state index < -0.39 is 9.84 Å². The zero-order chi connectivity index (χ0) is 12.9. The normalized spacial score (nSPS) is 11.2. The molecule has 1 aromatic rings. The molecule has 1 aromatic heterocycles. The van der Waals surface area contributed by atoms with Gasteiger partial charge in [-0.2, -0.15) is 0 Å². The fourth-order valence-electron chi connectivity index (χ4n) is 1.20. The van der Waals surface area contributed by atoms with Crippen LogP contribution in [0.25, 0.3) is 0 Å². The molecule has 1 heterocycles. The zero-order valence-corrected chi connectivity index (χ0v) is 11.2. The van der Waals surface area contributed by atoms with Gasteiger partial charge < -0.3 is 10.1 Å². The fraction of sp³-hybridized carbons (Fsp3) is 0.556. The first-order chi connectivity index (χ1) is 7.94. The van der Waals surface area contributed by atoms with Crippen molar-refractivity contribution < 1.29 is 13.2 Å². The number of ether oxygens (including phenoxy) is 1.